The summed E-state index contributed by atoms with van der Waals surface area (Å²) in [5.41, 5.74) is 0.244. The molecule has 0 aliphatic carbocycles. The number of rotatable bonds is 7. The quantitative estimate of drug-likeness (QED) is 0.684. The van der Waals surface area contributed by atoms with Gasteiger partial charge in [0, 0.05) is 23.5 Å². The van der Waals surface area contributed by atoms with Gasteiger partial charge in [0.1, 0.15) is 5.75 Å². The topological polar surface area (TPSA) is 75.7 Å². The molecule has 1 aliphatic rings. The molecule has 0 atom stereocenters. The first-order valence-electron chi connectivity index (χ1n) is 8.06. The van der Waals surface area contributed by atoms with E-state index in [9.17, 15) is 23.2 Å². The molecule has 10 heteroatoms. The summed E-state index contributed by atoms with van der Waals surface area (Å²) in [6, 6.07) is 8.90. The highest BCUT2D eigenvalue weighted by molar-refractivity contribution is 8.18. The monoisotopic (exact) mass is 424 g/mol. The normalized spacial score (nSPS) is 15.5. The van der Waals surface area contributed by atoms with Crippen LogP contribution in [0.4, 0.5) is 13.6 Å². The van der Waals surface area contributed by atoms with Crippen molar-refractivity contribution in [3.05, 3.63) is 57.1 Å². The molecule has 0 bridgehead atoms. The van der Waals surface area contributed by atoms with Gasteiger partial charge in [-0.05, 0) is 53.5 Å². The minimum atomic E-state index is -2.94. The molecule has 2 aromatic rings. The Kier molecular flexibility index (Phi) is 6.42. The average Bonchev–Trinajstić information content (AvgIpc) is 3.25. The summed E-state index contributed by atoms with van der Waals surface area (Å²) in [5, 5.41) is 4.07. The molecule has 0 saturated carbocycles. The molecule has 0 radical (unpaired) electrons. The van der Waals surface area contributed by atoms with Gasteiger partial charge in [0.2, 0.25) is 0 Å². The van der Waals surface area contributed by atoms with E-state index in [1.54, 1.807) is 6.08 Å². The molecule has 3 rings (SSSR count). The number of nitrogens with zero attached hydrogens (tertiary/aromatic N) is 1. The van der Waals surface area contributed by atoms with Crippen molar-refractivity contribution in [1.82, 2.24) is 10.2 Å². The van der Waals surface area contributed by atoms with Gasteiger partial charge >= 0.3 is 6.61 Å². The van der Waals surface area contributed by atoms with Crippen molar-refractivity contribution in [2.75, 3.05) is 13.1 Å². The number of hydrogen-bond acceptors (Lipinski definition) is 6. The standard InChI is InChI=1S/C18H14F2N2O4S2/c19-17(20)26-12-5-3-11(4-6-12)15(23)21-7-8-22-16(24)14(28-18(22)25)10-13-2-1-9-27-13/h1-6,9-10,17H,7-8H2,(H,21,23)/b14-10+. The number of alkyl halides is 2. The molecule has 3 amide bonds. The lowest BCUT2D eigenvalue weighted by atomic mass is 10.2. The van der Waals surface area contributed by atoms with Gasteiger partial charge in [0.15, 0.2) is 0 Å². The van der Waals surface area contributed by atoms with Crippen molar-refractivity contribution in [3.63, 3.8) is 0 Å². The predicted octanol–water partition coefficient (Wildman–Crippen LogP) is 3.82. The zero-order chi connectivity index (χ0) is 20.1. The number of thioether (sulfide) groups is 1. The van der Waals surface area contributed by atoms with Crippen LogP contribution in [0, 0.1) is 0 Å². The van der Waals surface area contributed by atoms with E-state index < -0.39 is 23.7 Å². The molecule has 1 aromatic heterocycles. The lowest BCUT2D eigenvalue weighted by Crippen LogP contribution is -2.37. The Labute approximate surface area is 167 Å². The fourth-order valence-electron chi connectivity index (χ4n) is 2.37. The predicted molar refractivity (Wildman–Crippen MR) is 102 cm³/mol. The maximum absolute atomic E-state index is 12.3. The third-order valence-electron chi connectivity index (χ3n) is 3.65. The molecule has 2 heterocycles. The highest BCUT2D eigenvalue weighted by atomic mass is 32.2. The van der Waals surface area contributed by atoms with Crippen LogP contribution in [0.2, 0.25) is 0 Å². The number of nitrogens with one attached hydrogen (secondary N) is 1. The lowest BCUT2D eigenvalue weighted by molar-refractivity contribution is -0.122. The van der Waals surface area contributed by atoms with Crippen LogP contribution < -0.4 is 10.1 Å². The molecule has 1 aliphatic heterocycles. The summed E-state index contributed by atoms with van der Waals surface area (Å²) in [4.78, 5) is 38.8. The Balaban J connectivity index is 1.52. The molecular formula is C18H14F2N2O4S2. The Morgan fingerprint density at radius 3 is 2.61 bits per heavy atom. The maximum Gasteiger partial charge on any atom is 0.387 e. The first-order chi connectivity index (χ1) is 13.4. The molecule has 1 aromatic carbocycles. The van der Waals surface area contributed by atoms with Crippen LogP contribution in [0.25, 0.3) is 6.08 Å². The van der Waals surface area contributed by atoms with E-state index in [0.29, 0.717) is 4.91 Å². The van der Waals surface area contributed by atoms with E-state index >= 15 is 0 Å². The summed E-state index contributed by atoms with van der Waals surface area (Å²) < 4.78 is 28.5. The van der Waals surface area contributed by atoms with Crippen LogP contribution in [0.1, 0.15) is 15.2 Å². The fourth-order valence-corrected chi connectivity index (χ4v) is 3.95. The van der Waals surface area contributed by atoms with Crippen LogP contribution in [0.15, 0.2) is 46.7 Å². The first kappa shape index (κ1) is 20.0. The number of ether oxygens (including phenoxy) is 1. The van der Waals surface area contributed by atoms with Crippen LogP contribution in [0.5, 0.6) is 5.75 Å². The maximum atomic E-state index is 12.3. The molecular weight excluding hydrogens is 410 g/mol. The molecule has 0 spiro atoms. The number of carbonyl (C=O) groups excluding carboxylic acids is 3. The summed E-state index contributed by atoms with van der Waals surface area (Å²) in [7, 11) is 0. The smallest absolute Gasteiger partial charge is 0.387 e. The average molecular weight is 424 g/mol. The van der Waals surface area contributed by atoms with E-state index in [-0.39, 0.29) is 24.4 Å². The zero-order valence-electron chi connectivity index (χ0n) is 14.3. The Bertz CT molecular complexity index is 899. The van der Waals surface area contributed by atoms with Crippen molar-refractivity contribution >= 4 is 46.2 Å². The van der Waals surface area contributed by atoms with Crippen molar-refractivity contribution in [2.24, 2.45) is 0 Å². The van der Waals surface area contributed by atoms with Crippen molar-refractivity contribution in [1.29, 1.82) is 0 Å². The summed E-state index contributed by atoms with van der Waals surface area (Å²) in [6.07, 6.45) is 1.66. The van der Waals surface area contributed by atoms with E-state index in [4.69, 9.17) is 0 Å². The molecule has 1 saturated heterocycles. The van der Waals surface area contributed by atoms with E-state index in [1.807, 2.05) is 17.5 Å². The highest BCUT2D eigenvalue weighted by Gasteiger charge is 2.34. The summed E-state index contributed by atoms with van der Waals surface area (Å²) in [6.45, 7) is -2.84. The number of hydrogen-bond donors (Lipinski definition) is 1. The number of carbonyl (C=O) groups is 3. The van der Waals surface area contributed by atoms with E-state index in [0.717, 1.165) is 21.5 Å². The van der Waals surface area contributed by atoms with Crippen LogP contribution in [0.3, 0.4) is 0 Å². The van der Waals surface area contributed by atoms with Crippen LogP contribution in [-0.2, 0) is 4.79 Å². The molecule has 1 N–H and O–H groups in total. The number of imide groups is 1. The van der Waals surface area contributed by atoms with Gasteiger partial charge in [0.25, 0.3) is 17.1 Å². The van der Waals surface area contributed by atoms with Crippen LogP contribution in [-0.4, -0.2) is 41.7 Å². The Morgan fingerprint density at radius 2 is 1.96 bits per heavy atom. The molecule has 1 fully saturated rings. The van der Waals surface area contributed by atoms with Crippen LogP contribution >= 0.6 is 23.1 Å². The fraction of sp³-hybridized carbons (Fsp3) is 0.167. The minimum Gasteiger partial charge on any atom is -0.435 e. The summed E-state index contributed by atoms with van der Waals surface area (Å²) in [5.74, 6) is -0.905. The van der Waals surface area contributed by atoms with Crippen molar-refractivity contribution in [3.8, 4) is 5.75 Å². The molecule has 28 heavy (non-hydrogen) atoms. The van der Waals surface area contributed by atoms with Gasteiger partial charge in [-0.3, -0.25) is 19.3 Å². The second-order valence-corrected chi connectivity index (χ2v) is 7.48. The Hall–Kier alpha value is -2.72. The third-order valence-corrected chi connectivity index (χ3v) is 5.38. The van der Waals surface area contributed by atoms with E-state index in [1.165, 1.54) is 35.6 Å². The number of halogens is 2. The minimum absolute atomic E-state index is 0.0325. The number of benzene rings is 1. The third kappa shape index (κ3) is 4.96. The van der Waals surface area contributed by atoms with Gasteiger partial charge < -0.3 is 10.1 Å². The zero-order valence-corrected chi connectivity index (χ0v) is 15.9. The summed E-state index contributed by atoms with van der Waals surface area (Å²) >= 11 is 2.32. The molecule has 0 unspecified atom stereocenters. The van der Waals surface area contributed by atoms with E-state index in [2.05, 4.69) is 10.1 Å². The SMILES string of the molecule is O=C(NCCN1C(=O)S/C(=C/c2cccs2)C1=O)c1ccc(OC(F)F)cc1. The molecule has 146 valence electrons. The first-order valence-corrected chi connectivity index (χ1v) is 9.75. The lowest BCUT2D eigenvalue weighted by Gasteiger charge is -2.13. The van der Waals surface area contributed by atoms with Crippen molar-refractivity contribution < 1.29 is 27.9 Å². The van der Waals surface area contributed by atoms with Gasteiger partial charge in [-0.15, -0.1) is 11.3 Å². The highest BCUT2D eigenvalue weighted by Crippen LogP contribution is 2.32. The second-order valence-electron chi connectivity index (χ2n) is 5.51. The molecule has 6 nitrogen and oxygen atoms in total. The van der Waals surface area contributed by atoms with Gasteiger partial charge in [-0.25, -0.2) is 0 Å². The van der Waals surface area contributed by atoms with Gasteiger partial charge in [0.05, 0.1) is 4.91 Å². The second kappa shape index (κ2) is 8.98. The van der Waals surface area contributed by atoms with Crippen molar-refractivity contribution in [2.45, 2.75) is 6.61 Å². The number of amides is 3. The Morgan fingerprint density at radius 1 is 1.21 bits per heavy atom. The largest absolute Gasteiger partial charge is 0.435 e. The van der Waals surface area contributed by atoms with Gasteiger partial charge in [-0.2, -0.15) is 8.78 Å². The number of thiophene rings is 1. The van der Waals surface area contributed by atoms with Gasteiger partial charge in [-0.1, -0.05) is 6.07 Å².